The highest BCUT2D eigenvalue weighted by atomic mass is 19.4. The third kappa shape index (κ3) is 5.57. The van der Waals surface area contributed by atoms with Crippen molar-refractivity contribution in [2.75, 3.05) is 5.32 Å². The third-order valence-corrected chi connectivity index (χ3v) is 3.92. The van der Waals surface area contributed by atoms with Gasteiger partial charge in [-0.2, -0.15) is 18.3 Å². The van der Waals surface area contributed by atoms with Crippen LogP contribution in [0.4, 0.5) is 24.5 Å². The van der Waals surface area contributed by atoms with Crippen LogP contribution in [0.3, 0.4) is 0 Å². The zero-order valence-corrected chi connectivity index (χ0v) is 14.8. The number of anilines is 2. The van der Waals surface area contributed by atoms with Gasteiger partial charge in [-0.05, 0) is 35.9 Å². The summed E-state index contributed by atoms with van der Waals surface area (Å²) in [6.07, 6.45) is -4.00. The summed E-state index contributed by atoms with van der Waals surface area (Å²) in [5, 5.41) is 13.9. The average molecular weight is 393 g/mol. The summed E-state index contributed by atoms with van der Waals surface area (Å²) in [4.78, 5) is 19.7. The summed E-state index contributed by atoms with van der Waals surface area (Å²) >= 11 is 0. The molecule has 1 amide bonds. The van der Waals surface area contributed by atoms with Gasteiger partial charge in [0.2, 0.25) is 5.91 Å². The van der Waals surface area contributed by atoms with E-state index in [-0.39, 0.29) is 18.3 Å². The van der Waals surface area contributed by atoms with Crippen LogP contribution in [-0.4, -0.2) is 23.2 Å². The van der Waals surface area contributed by atoms with Gasteiger partial charge < -0.3 is 10.4 Å². The number of nitrogens with one attached hydrogen (secondary N) is 2. The van der Waals surface area contributed by atoms with Crippen molar-refractivity contribution in [1.29, 1.82) is 0 Å². The molecule has 0 aliphatic carbocycles. The molecule has 0 unspecified atom stereocenters. The fourth-order valence-electron chi connectivity index (χ4n) is 2.67. The van der Waals surface area contributed by atoms with E-state index in [9.17, 15) is 18.0 Å². The Morgan fingerprint density at radius 1 is 1.18 bits per heavy atom. The van der Waals surface area contributed by atoms with E-state index in [0.29, 0.717) is 17.8 Å². The Morgan fingerprint density at radius 2 is 1.82 bits per heavy atom. The molecule has 1 heterocycles. The molecule has 3 N–H and O–H groups in total. The Balaban J connectivity index is 0.000000878. The first-order valence-electron chi connectivity index (χ1n) is 8.23. The van der Waals surface area contributed by atoms with Crippen LogP contribution in [0.2, 0.25) is 0 Å². The van der Waals surface area contributed by atoms with E-state index >= 15 is 0 Å². The Bertz CT molecular complexity index is 865. The van der Waals surface area contributed by atoms with Gasteiger partial charge in [0.25, 0.3) is 6.47 Å². The van der Waals surface area contributed by atoms with Crippen molar-refractivity contribution in [3.05, 3.63) is 59.7 Å². The topological polar surface area (TPSA) is 90.8 Å². The molecule has 0 aromatic heterocycles. The highest BCUT2D eigenvalue weighted by Gasteiger charge is 2.30. The van der Waals surface area contributed by atoms with E-state index in [1.807, 2.05) is 19.1 Å². The summed E-state index contributed by atoms with van der Waals surface area (Å²) in [5.41, 5.74) is 4.43. The lowest BCUT2D eigenvalue weighted by molar-refractivity contribution is -0.137. The minimum atomic E-state index is -4.37. The quantitative estimate of drug-likeness (QED) is 0.688. The van der Waals surface area contributed by atoms with Crippen molar-refractivity contribution < 1.29 is 27.9 Å². The summed E-state index contributed by atoms with van der Waals surface area (Å²) in [6, 6.07) is 12.2. The molecule has 28 heavy (non-hydrogen) atoms. The molecule has 1 atom stereocenters. The Kier molecular flexibility index (Phi) is 6.75. The summed E-state index contributed by atoms with van der Waals surface area (Å²) in [6.45, 7) is 1.67. The van der Waals surface area contributed by atoms with Gasteiger partial charge >= 0.3 is 6.18 Å². The number of rotatable bonds is 3. The zero-order valence-electron chi connectivity index (χ0n) is 14.8. The van der Waals surface area contributed by atoms with E-state index in [1.54, 1.807) is 18.2 Å². The van der Waals surface area contributed by atoms with E-state index in [1.165, 1.54) is 6.07 Å². The van der Waals surface area contributed by atoms with Gasteiger partial charge in [-0.15, -0.1) is 0 Å². The first-order chi connectivity index (χ1) is 13.2. The number of alkyl halides is 3. The minimum Gasteiger partial charge on any atom is -0.483 e. The molecule has 6 nitrogen and oxygen atoms in total. The van der Waals surface area contributed by atoms with Crippen molar-refractivity contribution >= 4 is 29.5 Å². The molecular formula is C19H18F3N3O3. The second-order valence-electron chi connectivity index (χ2n) is 6.02. The van der Waals surface area contributed by atoms with Gasteiger partial charge in [0, 0.05) is 23.7 Å². The second-order valence-corrected chi connectivity index (χ2v) is 6.02. The predicted octanol–water partition coefficient (Wildman–Crippen LogP) is 4.01. The first kappa shape index (κ1) is 20.9. The Labute approximate surface area is 159 Å². The summed E-state index contributed by atoms with van der Waals surface area (Å²) in [5.74, 6) is -0.102. The molecule has 2 aromatic rings. The van der Waals surface area contributed by atoms with Gasteiger partial charge in [0.15, 0.2) is 0 Å². The van der Waals surface area contributed by atoms with Crippen LogP contribution in [0, 0.1) is 5.92 Å². The Morgan fingerprint density at radius 3 is 2.39 bits per heavy atom. The fourth-order valence-corrected chi connectivity index (χ4v) is 2.67. The van der Waals surface area contributed by atoms with Gasteiger partial charge in [-0.25, -0.2) is 5.43 Å². The third-order valence-electron chi connectivity index (χ3n) is 3.92. The smallest absolute Gasteiger partial charge is 0.416 e. The minimum absolute atomic E-state index is 0.0102. The van der Waals surface area contributed by atoms with E-state index in [4.69, 9.17) is 9.90 Å². The monoisotopic (exact) mass is 393 g/mol. The lowest BCUT2D eigenvalue weighted by atomic mass is 9.94. The number of benzene rings is 2. The van der Waals surface area contributed by atoms with Crippen LogP contribution >= 0.6 is 0 Å². The molecular weight excluding hydrogens is 375 g/mol. The van der Waals surface area contributed by atoms with Crippen molar-refractivity contribution in [3.63, 3.8) is 0 Å². The van der Waals surface area contributed by atoms with Crippen LogP contribution in [0.15, 0.2) is 53.6 Å². The Hall–Kier alpha value is -3.36. The molecule has 0 fully saturated rings. The van der Waals surface area contributed by atoms with Crippen LogP contribution in [0.5, 0.6) is 0 Å². The van der Waals surface area contributed by atoms with Crippen LogP contribution in [0.25, 0.3) is 0 Å². The van der Waals surface area contributed by atoms with Crippen molar-refractivity contribution in [2.45, 2.75) is 19.5 Å². The van der Waals surface area contributed by atoms with Gasteiger partial charge in [-0.3, -0.25) is 9.59 Å². The summed E-state index contributed by atoms with van der Waals surface area (Å²) in [7, 11) is 0. The number of nitrogens with zero attached hydrogens (tertiary/aromatic N) is 1. The number of halogens is 3. The van der Waals surface area contributed by atoms with Gasteiger partial charge in [0.05, 0.1) is 11.3 Å². The lowest BCUT2D eigenvalue weighted by Gasteiger charge is -2.19. The first-order valence-corrected chi connectivity index (χ1v) is 8.23. The number of amides is 1. The van der Waals surface area contributed by atoms with E-state index < -0.39 is 11.7 Å². The van der Waals surface area contributed by atoms with Crippen LogP contribution in [-0.2, 0) is 15.8 Å². The van der Waals surface area contributed by atoms with Crippen molar-refractivity contribution in [3.8, 4) is 0 Å². The number of carbonyl (C=O) groups is 2. The maximum atomic E-state index is 12.8. The van der Waals surface area contributed by atoms with Gasteiger partial charge in [-0.1, -0.05) is 25.1 Å². The molecule has 2 aromatic carbocycles. The molecule has 0 spiro atoms. The summed E-state index contributed by atoms with van der Waals surface area (Å²) < 4.78 is 38.3. The van der Waals surface area contributed by atoms with E-state index in [2.05, 4.69) is 15.8 Å². The molecule has 9 heteroatoms. The molecule has 0 bridgehead atoms. The van der Waals surface area contributed by atoms with Crippen molar-refractivity contribution in [2.24, 2.45) is 11.0 Å². The number of carbonyl (C=O) groups excluding carboxylic acids is 1. The molecule has 1 aliphatic rings. The molecule has 3 rings (SSSR count). The molecule has 0 radical (unpaired) electrons. The molecule has 0 saturated heterocycles. The highest BCUT2D eigenvalue weighted by molar-refractivity contribution is 6.05. The largest absolute Gasteiger partial charge is 0.483 e. The average Bonchev–Trinajstić information content (AvgIpc) is 2.63. The van der Waals surface area contributed by atoms with Crippen molar-refractivity contribution in [1.82, 2.24) is 5.43 Å². The molecule has 1 aliphatic heterocycles. The van der Waals surface area contributed by atoms with Gasteiger partial charge in [0.1, 0.15) is 0 Å². The fraction of sp³-hybridized carbons (Fsp3) is 0.211. The predicted molar refractivity (Wildman–Crippen MR) is 98.3 cm³/mol. The molecule has 148 valence electrons. The zero-order chi connectivity index (χ0) is 20.7. The number of carboxylic acid groups (broad SMARTS) is 1. The lowest BCUT2D eigenvalue weighted by Crippen LogP contribution is -2.31. The van der Waals surface area contributed by atoms with Crippen LogP contribution < -0.4 is 10.7 Å². The standard InChI is InChI=1S/C18H16F3N3O.CH2O2/c1-11-9-16(25)23-24-17(11)12-5-7-14(8-6-12)22-15-4-2-3-13(10-15)18(19,20)21;2-1-3/h2-8,10-11,22H,9H2,1H3,(H,23,25);1H,(H,2,3)/t11-;/m1./s1. The number of hydrogen-bond acceptors (Lipinski definition) is 4. The highest BCUT2D eigenvalue weighted by Crippen LogP contribution is 2.31. The normalized spacial score (nSPS) is 16.2. The maximum absolute atomic E-state index is 12.8. The molecule has 0 saturated carbocycles. The maximum Gasteiger partial charge on any atom is 0.416 e. The van der Waals surface area contributed by atoms with Crippen LogP contribution in [0.1, 0.15) is 24.5 Å². The number of hydrazone groups is 1. The second kappa shape index (κ2) is 9.03. The number of hydrogen-bond donors (Lipinski definition) is 3. The van der Waals surface area contributed by atoms with E-state index in [0.717, 1.165) is 23.4 Å². The SMILES string of the molecule is C[C@@H]1CC(=O)NN=C1c1ccc(Nc2cccc(C(F)(F)F)c2)cc1.O=CO.